The number of fused-ring (bicyclic) bond motifs is 1. The lowest BCUT2D eigenvalue weighted by Gasteiger charge is -2.05. The van der Waals surface area contributed by atoms with Crippen LogP contribution in [0.5, 0.6) is 0 Å². The molecule has 7 heteroatoms. The number of nitrogens with one attached hydrogen (secondary N) is 1. The van der Waals surface area contributed by atoms with Gasteiger partial charge < -0.3 is 14.5 Å². The van der Waals surface area contributed by atoms with E-state index in [1.54, 1.807) is 36.1 Å². The van der Waals surface area contributed by atoms with Gasteiger partial charge in [0.2, 0.25) is 0 Å². The Balaban J connectivity index is 1.83. The molecule has 3 aromatic rings. The van der Waals surface area contributed by atoms with Gasteiger partial charge in [-0.05, 0) is 24.3 Å². The molecule has 0 aliphatic carbocycles. The molecular formula is C15H16N4O3. The number of rotatable bonds is 6. The first kappa shape index (κ1) is 14.3. The van der Waals surface area contributed by atoms with Crippen molar-refractivity contribution in [3.05, 3.63) is 53.9 Å². The number of ether oxygens (including phenoxy) is 1. The second-order valence-electron chi connectivity index (χ2n) is 4.77. The molecule has 0 radical (unpaired) electrons. The molecule has 3 heterocycles. The summed E-state index contributed by atoms with van der Waals surface area (Å²) in [4.78, 5) is 12.1. The first-order valence-electron chi connectivity index (χ1n) is 6.91. The summed E-state index contributed by atoms with van der Waals surface area (Å²) in [7, 11) is 1.59. The topological polar surface area (TPSA) is 81.7 Å². The van der Waals surface area contributed by atoms with Crippen molar-refractivity contribution in [2.45, 2.75) is 6.42 Å². The molecule has 0 fully saturated rings. The van der Waals surface area contributed by atoms with Crippen molar-refractivity contribution in [3.63, 3.8) is 0 Å². The molecule has 0 aliphatic heterocycles. The second kappa shape index (κ2) is 6.40. The maximum absolute atomic E-state index is 12.1. The Morgan fingerprint density at radius 3 is 3.05 bits per heavy atom. The number of hydrogen-bond acceptors (Lipinski definition) is 5. The summed E-state index contributed by atoms with van der Waals surface area (Å²) in [5.41, 5.74) is 1.24. The number of hydrogen-bond donors (Lipinski definition) is 1. The lowest BCUT2D eigenvalue weighted by Crippen LogP contribution is -2.27. The molecule has 0 saturated heterocycles. The number of pyridine rings is 1. The molecule has 0 unspecified atom stereocenters. The van der Waals surface area contributed by atoms with E-state index in [9.17, 15) is 4.79 Å². The Morgan fingerprint density at radius 1 is 1.36 bits per heavy atom. The summed E-state index contributed by atoms with van der Waals surface area (Å²) >= 11 is 0. The first-order valence-corrected chi connectivity index (χ1v) is 6.91. The second-order valence-corrected chi connectivity index (χ2v) is 4.77. The molecule has 3 rings (SSSR count). The van der Waals surface area contributed by atoms with Gasteiger partial charge in [0, 0.05) is 19.9 Å². The van der Waals surface area contributed by atoms with Crippen molar-refractivity contribution < 1.29 is 13.9 Å². The molecular weight excluding hydrogens is 284 g/mol. The predicted molar refractivity (Wildman–Crippen MR) is 78.7 cm³/mol. The van der Waals surface area contributed by atoms with Crippen LogP contribution in [-0.2, 0) is 11.2 Å². The van der Waals surface area contributed by atoms with Gasteiger partial charge in [-0.25, -0.2) is 0 Å². The number of amides is 1. The van der Waals surface area contributed by atoms with Crippen molar-refractivity contribution in [1.82, 2.24) is 19.9 Å². The Kier molecular flexibility index (Phi) is 4.15. The average Bonchev–Trinajstić information content (AvgIpc) is 3.18. The zero-order valence-corrected chi connectivity index (χ0v) is 12.2. The van der Waals surface area contributed by atoms with Crippen molar-refractivity contribution in [2.24, 2.45) is 0 Å². The largest absolute Gasteiger partial charge is 0.469 e. The smallest absolute Gasteiger partial charge is 0.252 e. The fourth-order valence-electron chi connectivity index (χ4n) is 2.13. The van der Waals surface area contributed by atoms with Crippen LogP contribution in [0.1, 0.15) is 21.9 Å². The number of carbonyl (C=O) groups excluding carboxylic acids is 1. The first-order chi connectivity index (χ1) is 10.8. The van der Waals surface area contributed by atoms with E-state index in [4.69, 9.17) is 9.15 Å². The monoisotopic (exact) mass is 300 g/mol. The fraction of sp³-hybridized carbons (Fsp3) is 0.267. The molecule has 1 N–H and O–H groups in total. The zero-order valence-electron chi connectivity index (χ0n) is 12.2. The number of carbonyl (C=O) groups is 1. The molecule has 114 valence electrons. The van der Waals surface area contributed by atoms with Gasteiger partial charge in [-0.15, -0.1) is 10.2 Å². The van der Waals surface area contributed by atoms with Gasteiger partial charge in [0.25, 0.3) is 5.91 Å². The summed E-state index contributed by atoms with van der Waals surface area (Å²) in [6.45, 7) is 0.944. The number of methoxy groups -OCH3 is 1. The van der Waals surface area contributed by atoms with Gasteiger partial charge in [0.1, 0.15) is 11.6 Å². The van der Waals surface area contributed by atoms with Gasteiger partial charge in [-0.3, -0.25) is 9.20 Å². The lowest BCUT2D eigenvalue weighted by atomic mass is 10.2. The highest BCUT2D eigenvalue weighted by Gasteiger charge is 2.11. The van der Waals surface area contributed by atoms with E-state index in [0.29, 0.717) is 30.8 Å². The van der Waals surface area contributed by atoms with Crippen molar-refractivity contribution in [3.8, 4) is 0 Å². The van der Waals surface area contributed by atoms with Crippen molar-refractivity contribution in [1.29, 1.82) is 0 Å². The van der Waals surface area contributed by atoms with E-state index in [0.717, 1.165) is 11.6 Å². The number of nitrogens with zero attached hydrogens (tertiary/aromatic N) is 3. The van der Waals surface area contributed by atoms with Crippen LogP contribution in [-0.4, -0.2) is 40.8 Å². The van der Waals surface area contributed by atoms with Crippen LogP contribution >= 0.6 is 0 Å². The van der Waals surface area contributed by atoms with Gasteiger partial charge in [-0.2, -0.15) is 0 Å². The minimum atomic E-state index is -0.156. The Hall–Kier alpha value is -2.67. The Morgan fingerprint density at radius 2 is 2.27 bits per heavy atom. The van der Waals surface area contributed by atoms with Gasteiger partial charge in [-0.1, -0.05) is 0 Å². The summed E-state index contributed by atoms with van der Waals surface area (Å²) in [6.07, 6.45) is 3.87. The third-order valence-corrected chi connectivity index (χ3v) is 3.24. The summed E-state index contributed by atoms with van der Waals surface area (Å²) in [5, 5.41) is 11.0. The highest BCUT2D eigenvalue weighted by Crippen LogP contribution is 2.12. The average molecular weight is 300 g/mol. The quantitative estimate of drug-likeness (QED) is 0.694. The maximum atomic E-state index is 12.1. The van der Waals surface area contributed by atoms with Crippen LogP contribution in [0.3, 0.4) is 0 Å². The van der Waals surface area contributed by atoms with Crippen LogP contribution in [0.25, 0.3) is 5.65 Å². The van der Waals surface area contributed by atoms with Crippen LogP contribution < -0.4 is 5.32 Å². The Labute approximate surface area is 126 Å². The minimum absolute atomic E-state index is 0.156. The van der Waals surface area contributed by atoms with E-state index in [-0.39, 0.29) is 5.91 Å². The predicted octanol–water partition coefficient (Wildman–Crippen LogP) is 1.29. The zero-order chi connectivity index (χ0) is 15.4. The molecule has 0 aromatic carbocycles. The van der Waals surface area contributed by atoms with Crippen LogP contribution in [0.15, 0.2) is 41.1 Å². The van der Waals surface area contributed by atoms with Gasteiger partial charge in [0.05, 0.1) is 24.9 Å². The molecule has 0 spiro atoms. The summed E-state index contributed by atoms with van der Waals surface area (Å²) in [5.74, 6) is 1.36. The van der Waals surface area contributed by atoms with Crippen LogP contribution in [0.4, 0.5) is 0 Å². The van der Waals surface area contributed by atoms with Gasteiger partial charge >= 0.3 is 0 Å². The number of aromatic nitrogens is 3. The Bertz CT molecular complexity index is 764. The van der Waals surface area contributed by atoms with Gasteiger partial charge in [0.15, 0.2) is 5.65 Å². The summed E-state index contributed by atoms with van der Waals surface area (Å²) in [6, 6.07) is 7.20. The van der Waals surface area contributed by atoms with E-state index in [2.05, 4.69) is 15.5 Å². The SMILES string of the molecule is COCCNC(=O)c1ccc2nnc(Cc3ccco3)n2c1. The highest BCUT2D eigenvalue weighted by atomic mass is 16.5. The third kappa shape index (κ3) is 2.99. The molecule has 7 nitrogen and oxygen atoms in total. The molecule has 0 atom stereocenters. The minimum Gasteiger partial charge on any atom is -0.469 e. The maximum Gasteiger partial charge on any atom is 0.252 e. The lowest BCUT2D eigenvalue weighted by molar-refractivity contribution is 0.0936. The van der Waals surface area contributed by atoms with E-state index in [1.807, 2.05) is 12.1 Å². The third-order valence-electron chi connectivity index (χ3n) is 3.24. The van der Waals surface area contributed by atoms with Crippen LogP contribution in [0.2, 0.25) is 0 Å². The standard InChI is InChI=1S/C15H16N4O3/c1-21-8-6-16-15(20)11-4-5-13-17-18-14(19(13)10-11)9-12-3-2-7-22-12/h2-5,7,10H,6,8-9H2,1H3,(H,16,20). The normalized spacial score (nSPS) is 11.0. The van der Waals surface area contributed by atoms with Crippen LogP contribution in [0, 0.1) is 0 Å². The molecule has 1 amide bonds. The van der Waals surface area contributed by atoms with E-state index in [1.165, 1.54) is 0 Å². The molecule has 22 heavy (non-hydrogen) atoms. The molecule has 3 aromatic heterocycles. The molecule has 0 saturated carbocycles. The fourth-order valence-corrected chi connectivity index (χ4v) is 2.13. The van der Waals surface area contributed by atoms with E-state index < -0.39 is 0 Å². The van der Waals surface area contributed by atoms with Crippen molar-refractivity contribution >= 4 is 11.6 Å². The highest BCUT2D eigenvalue weighted by molar-refractivity contribution is 5.94. The van der Waals surface area contributed by atoms with Crippen molar-refractivity contribution in [2.75, 3.05) is 20.3 Å². The van der Waals surface area contributed by atoms with E-state index >= 15 is 0 Å². The molecule has 0 aliphatic rings. The summed E-state index contributed by atoms with van der Waals surface area (Å²) < 4.78 is 12.0. The molecule has 0 bridgehead atoms. The number of furan rings is 1.